The number of hydrogen-bond donors (Lipinski definition) is 5. The summed E-state index contributed by atoms with van der Waals surface area (Å²) in [5.41, 5.74) is 0. The highest BCUT2D eigenvalue weighted by Gasteiger charge is 2.46. The molecule has 0 spiro atoms. The Morgan fingerprint density at radius 2 is 2.00 bits per heavy atom. The van der Waals surface area contributed by atoms with E-state index in [9.17, 15) is 19.8 Å². The van der Waals surface area contributed by atoms with Gasteiger partial charge in [-0.3, -0.25) is 4.79 Å². The van der Waals surface area contributed by atoms with Crippen molar-refractivity contribution in [1.82, 2.24) is 5.32 Å². The van der Waals surface area contributed by atoms with Gasteiger partial charge in [-0.15, -0.1) is 0 Å². The first kappa shape index (κ1) is 16.8. The van der Waals surface area contributed by atoms with Crippen LogP contribution in [0.1, 0.15) is 13.8 Å². The molecule has 0 bridgehead atoms. The molecule has 1 aliphatic heterocycles. The third kappa shape index (κ3) is 3.87. The quantitative estimate of drug-likeness (QED) is 0.371. The minimum absolute atomic E-state index is 0.510. The van der Waals surface area contributed by atoms with Crippen molar-refractivity contribution in [1.29, 1.82) is 0 Å². The van der Waals surface area contributed by atoms with E-state index in [-0.39, 0.29) is 0 Å². The van der Waals surface area contributed by atoms with E-state index >= 15 is 0 Å². The molecule has 5 N–H and O–H groups in total. The largest absolute Gasteiger partial charge is 0.479 e. The molecule has 0 aromatic heterocycles. The molecular formula is C11H19NO8. The number of amides is 1. The Morgan fingerprint density at radius 3 is 2.45 bits per heavy atom. The Morgan fingerprint density at radius 1 is 1.40 bits per heavy atom. The summed E-state index contributed by atoms with van der Waals surface area (Å²) >= 11 is 0. The van der Waals surface area contributed by atoms with E-state index < -0.39 is 55.2 Å². The minimum atomic E-state index is -1.54. The van der Waals surface area contributed by atoms with Gasteiger partial charge in [0.15, 0.2) is 12.4 Å². The lowest BCUT2D eigenvalue weighted by Gasteiger charge is -2.42. The third-order valence-corrected chi connectivity index (χ3v) is 2.95. The summed E-state index contributed by atoms with van der Waals surface area (Å²) in [5.74, 6) is -1.77. The third-order valence-electron chi connectivity index (χ3n) is 2.95. The van der Waals surface area contributed by atoms with Crippen molar-refractivity contribution in [2.75, 3.05) is 6.61 Å². The molecule has 6 atom stereocenters. The lowest BCUT2D eigenvalue weighted by atomic mass is 9.96. The first-order valence-corrected chi connectivity index (χ1v) is 6.05. The second-order valence-corrected chi connectivity index (χ2v) is 4.55. The zero-order valence-electron chi connectivity index (χ0n) is 11.1. The van der Waals surface area contributed by atoms with Crippen LogP contribution >= 0.6 is 0 Å². The van der Waals surface area contributed by atoms with E-state index in [0.29, 0.717) is 0 Å². The topological polar surface area (TPSA) is 146 Å². The highest BCUT2D eigenvalue weighted by atomic mass is 16.6. The van der Waals surface area contributed by atoms with Crippen molar-refractivity contribution < 1.29 is 39.5 Å². The number of ether oxygens (including phenoxy) is 2. The first-order valence-electron chi connectivity index (χ1n) is 6.05. The molecule has 0 aliphatic carbocycles. The zero-order valence-corrected chi connectivity index (χ0v) is 11.1. The van der Waals surface area contributed by atoms with Gasteiger partial charge in [0.1, 0.15) is 24.4 Å². The van der Waals surface area contributed by atoms with E-state index in [1.165, 1.54) is 13.8 Å². The summed E-state index contributed by atoms with van der Waals surface area (Å²) < 4.78 is 10.1. The number of aliphatic hydroxyl groups is 3. The lowest BCUT2D eigenvalue weighted by Crippen LogP contribution is -2.65. The van der Waals surface area contributed by atoms with Gasteiger partial charge in [-0.2, -0.15) is 0 Å². The Bertz CT molecular complexity index is 362. The second-order valence-electron chi connectivity index (χ2n) is 4.55. The number of carbonyl (C=O) groups is 2. The Kier molecular flexibility index (Phi) is 5.84. The van der Waals surface area contributed by atoms with E-state index in [1.807, 2.05) is 0 Å². The summed E-state index contributed by atoms with van der Waals surface area (Å²) in [7, 11) is 0. The van der Waals surface area contributed by atoms with Gasteiger partial charge in [0, 0.05) is 6.92 Å². The van der Waals surface area contributed by atoms with Crippen molar-refractivity contribution in [3.63, 3.8) is 0 Å². The zero-order chi connectivity index (χ0) is 15.4. The molecule has 9 nitrogen and oxygen atoms in total. The number of carboxylic acids is 1. The molecule has 0 radical (unpaired) electrons. The second kappa shape index (κ2) is 6.95. The average molecular weight is 293 g/mol. The molecule has 1 aliphatic rings. The van der Waals surface area contributed by atoms with E-state index in [0.717, 1.165) is 0 Å². The molecule has 0 saturated carbocycles. The van der Waals surface area contributed by atoms with E-state index in [1.54, 1.807) is 0 Å². The molecule has 0 unspecified atom stereocenters. The Hall–Kier alpha value is -1.26. The molecule has 1 saturated heterocycles. The number of aliphatic carboxylic acids is 1. The molecule has 20 heavy (non-hydrogen) atoms. The highest BCUT2D eigenvalue weighted by molar-refractivity contribution is 5.73. The molecule has 0 aromatic carbocycles. The van der Waals surface area contributed by atoms with Gasteiger partial charge in [0.05, 0.1) is 6.61 Å². The highest BCUT2D eigenvalue weighted by Crippen LogP contribution is 2.23. The smallest absolute Gasteiger partial charge is 0.332 e. The maximum Gasteiger partial charge on any atom is 0.332 e. The summed E-state index contributed by atoms with van der Waals surface area (Å²) in [4.78, 5) is 21.9. The van der Waals surface area contributed by atoms with Gasteiger partial charge in [0.2, 0.25) is 5.91 Å². The van der Waals surface area contributed by atoms with Crippen LogP contribution in [0.2, 0.25) is 0 Å². The summed E-state index contributed by atoms with van der Waals surface area (Å²) in [6.45, 7) is 1.84. The van der Waals surface area contributed by atoms with Gasteiger partial charge in [0.25, 0.3) is 0 Å². The average Bonchev–Trinajstić information content (AvgIpc) is 2.36. The Balaban J connectivity index is 2.92. The van der Waals surface area contributed by atoms with Gasteiger partial charge < -0.3 is 35.2 Å². The summed E-state index contributed by atoms with van der Waals surface area (Å²) in [6.07, 6.45) is -6.57. The van der Waals surface area contributed by atoms with Gasteiger partial charge in [-0.1, -0.05) is 0 Å². The molecule has 1 heterocycles. The predicted octanol–water partition coefficient (Wildman–Crippen LogP) is -2.58. The van der Waals surface area contributed by atoms with Crippen molar-refractivity contribution in [2.45, 2.75) is 50.6 Å². The molecule has 9 heteroatoms. The predicted molar refractivity (Wildman–Crippen MR) is 63.5 cm³/mol. The van der Waals surface area contributed by atoms with Gasteiger partial charge in [-0.25, -0.2) is 4.79 Å². The maximum absolute atomic E-state index is 11.1. The van der Waals surface area contributed by atoms with Crippen LogP contribution in [0.25, 0.3) is 0 Å². The number of carbonyl (C=O) groups excluding carboxylic acids is 1. The van der Waals surface area contributed by atoms with E-state index in [4.69, 9.17) is 19.7 Å². The normalized spacial score (nSPS) is 35.4. The van der Waals surface area contributed by atoms with Crippen LogP contribution in [0.3, 0.4) is 0 Å². The van der Waals surface area contributed by atoms with Crippen LogP contribution in [-0.4, -0.2) is 75.7 Å². The van der Waals surface area contributed by atoms with Gasteiger partial charge in [-0.05, 0) is 6.92 Å². The lowest BCUT2D eigenvalue weighted by molar-refractivity contribution is -0.267. The molecular weight excluding hydrogens is 274 g/mol. The van der Waals surface area contributed by atoms with Crippen molar-refractivity contribution >= 4 is 11.9 Å². The Labute approximate surface area is 115 Å². The number of hydrogen-bond acceptors (Lipinski definition) is 7. The van der Waals surface area contributed by atoms with Crippen LogP contribution in [0.4, 0.5) is 0 Å². The van der Waals surface area contributed by atoms with Crippen LogP contribution in [-0.2, 0) is 19.1 Å². The molecule has 1 amide bonds. The number of rotatable bonds is 5. The van der Waals surface area contributed by atoms with Crippen LogP contribution < -0.4 is 5.32 Å². The fraction of sp³-hybridized carbons (Fsp3) is 0.818. The maximum atomic E-state index is 11.1. The van der Waals surface area contributed by atoms with Crippen LogP contribution in [0.5, 0.6) is 0 Å². The number of aliphatic hydroxyl groups excluding tert-OH is 3. The minimum Gasteiger partial charge on any atom is -0.479 e. The molecule has 1 fully saturated rings. The van der Waals surface area contributed by atoms with Crippen LogP contribution in [0.15, 0.2) is 0 Å². The fourth-order valence-electron chi connectivity index (χ4n) is 1.93. The van der Waals surface area contributed by atoms with Crippen molar-refractivity contribution in [3.05, 3.63) is 0 Å². The number of nitrogens with one attached hydrogen (secondary N) is 1. The summed E-state index contributed by atoms with van der Waals surface area (Å²) in [6, 6.07) is -1.15. The molecule has 116 valence electrons. The van der Waals surface area contributed by atoms with Crippen molar-refractivity contribution in [2.24, 2.45) is 0 Å². The fourth-order valence-corrected chi connectivity index (χ4v) is 1.93. The standard InChI is InChI=1S/C11H19NO8/c1-4(10(16)17)19-9-7(12-5(2)14)11(18)20-6(3-13)8(9)15/h4,6-9,11,13,15,18H,3H2,1-2H3,(H,12,14)(H,16,17)/t4-,6-,7+,8+,9+,11-/m1/s1. The first-order chi connectivity index (χ1) is 9.27. The summed E-state index contributed by atoms with van der Waals surface area (Å²) in [5, 5.41) is 40.0. The SMILES string of the molecule is CC(=O)N[C@H]1[C@H](O[C@H](C)C(=O)O)[C@@H](O)[C@@H](CO)O[C@H]1O. The van der Waals surface area contributed by atoms with Gasteiger partial charge >= 0.3 is 5.97 Å². The van der Waals surface area contributed by atoms with E-state index in [2.05, 4.69) is 5.32 Å². The van der Waals surface area contributed by atoms with Crippen LogP contribution in [0, 0.1) is 0 Å². The number of carboxylic acid groups (broad SMARTS) is 1. The monoisotopic (exact) mass is 293 g/mol. The van der Waals surface area contributed by atoms with Crippen molar-refractivity contribution in [3.8, 4) is 0 Å². The molecule has 1 rings (SSSR count). The molecule has 0 aromatic rings.